The molecule has 0 atom stereocenters. The number of halogens is 4. The van der Waals surface area contributed by atoms with Crippen LogP contribution < -0.4 is 5.32 Å². The number of benzene rings is 2. The van der Waals surface area contributed by atoms with Crippen LogP contribution in [0.2, 0.25) is 5.02 Å². The Morgan fingerprint density at radius 3 is 2.44 bits per heavy atom. The molecule has 0 heterocycles. The number of carbonyl (C=O) groups is 2. The monoisotopic (exact) mass is 369 g/mol. The standard InChI is InChI=1S/C17H11ClF3NO3/c18-13-7-5-11(16(24)25)9-14(13)22-15(23)8-6-10-3-1-2-4-12(10)17(19,20)21/h1-9H,(H,22,23)(H,24,25). The van der Waals surface area contributed by atoms with Crippen molar-refractivity contribution in [3.63, 3.8) is 0 Å². The van der Waals surface area contributed by atoms with Crippen molar-refractivity contribution in [1.82, 2.24) is 0 Å². The van der Waals surface area contributed by atoms with Crippen LogP contribution in [-0.2, 0) is 11.0 Å². The average Bonchev–Trinajstić information content (AvgIpc) is 2.54. The van der Waals surface area contributed by atoms with Crippen molar-refractivity contribution in [3.8, 4) is 0 Å². The fourth-order valence-corrected chi connectivity index (χ4v) is 2.16. The quantitative estimate of drug-likeness (QED) is 0.767. The Kier molecular flexibility index (Phi) is 5.48. The van der Waals surface area contributed by atoms with Crippen molar-refractivity contribution in [3.05, 3.63) is 70.3 Å². The third-order valence-corrected chi connectivity index (χ3v) is 3.48. The highest BCUT2D eigenvalue weighted by atomic mass is 35.5. The minimum Gasteiger partial charge on any atom is -0.478 e. The average molecular weight is 370 g/mol. The zero-order valence-electron chi connectivity index (χ0n) is 12.5. The minimum absolute atomic E-state index is 0.0420. The lowest BCUT2D eigenvalue weighted by atomic mass is 10.1. The molecule has 25 heavy (non-hydrogen) atoms. The van der Waals surface area contributed by atoms with Crippen molar-refractivity contribution in [2.45, 2.75) is 6.18 Å². The molecule has 0 saturated carbocycles. The van der Waals surface area contributed by atoms with E-state index in [1.165, 1.54) is 30.3 Å². The van der Waals surface area contributed by atoms with Gasteiger partial charge >= 0.3 is 12.1 Å². The van der Waals surface area contributed by atoms with Crippen LogP contribution in [0.25, 0.3) is 6.08 Å². The van der Waals surface area contributed by atoms with E-state index in [9.17, 15) is 22.8 Å². The first-order valence-corrected chi connectivity index (χ1v) is 7.24. The predicted octanol–water partition coefficient (Wildman–Crippen LogP) is 4.71. The highest BCUT2D eigenvalue weighted by molar-refractivity contribution is 6.34. The SMILES string of the molecule is O=C(C=Cc1ccccc1C(F)(F)F)Nc1cc(C(=O)O)ccc1Cl. The molecule has 130 valence electrons. The number of rotatable bonds is 4. The number of carboxylic acid groups (broad SMARTS) is 1. The van der Waals surface area contributed by atoms with E-state index >= 15 is 0 Å². The number of carbonyl (C=O) groups excluding carboxylic acids is 1. The van der Waals surface area contributed by atoms with Gasteiger partial charge in [-0.2, -0.15) is 13.2 Å². The summed E-state index contributed by atoms with van der Waals surface area (Å²) in [5, 5.41) is 11.3. The van der Waals surface area contributed by atoms with E-state index in [1.54, 1.807) is 0 Å². The van der Waals surface area contributed by atoms with Crippen LogP contribution in [0.3, 0.4) is 0 Å². The molecule has 2 rings (SSSR count). The van der Waals surface area contributed by atoms with E-state index in [4.69, 9.17) is 16.7 Å². The first-order valence-electron chi connectivity index (χ1n) is 6.86. The van der Waals surface area contributed by atoms with Crippen LogP contribution >= 0.6 is 11.6 Å². The summed E-state index contributed by atoms with van der Waals surface area (Å²) in [6.07, 6.45) is -2.61. The van der Waals surface area contributed by atoms with Gasteiger partial charge in [-0.1, -0.05) is 29.8 Å². The van der Waals surface area contributed by atoms with E-state index in [0.717, 1.165) is 24.3 Å². The van der Waals surface area contributed by atoms with Gasteiger partial charge in [-0.3, -0.25) is 4.79 Å². The van der Waals surface area contributed by atoms with Crippen LogP contribution in [-0.4, -0.2) is 17.0 Å². The third kappa shape index (κ3) is 4.84. The van der Waals surface area contributed by atoms with E-state index in [1.807, 2.05) is 0 Å². The molecule has 8 heteroatoms. The Balaban J connectivity index is 2.20. The number of amides is 1. The molecule has 4 nitrogen and oxygen atoms in total. The largest absolute Gasteiger partial charge is 0.478 e. The number of hydrogen-bond acceptors (Lipinski definition) is 2. The summed E-state index contributed by atoms with van der Waals surface area (Å²) in [5.41, 5.74) is -1.09. The second-order valence-electron chi connectivity index (χ2n) is 4.91. The van der Waals surface area contributed by atoms with Gasteiger partial charge in [0.1, 0.15) is 0 Å². The summed E-state index contributed by atoms with van der Waals surface area (Å²) >= 11 is 5.87. The smallest absolute Gasteiger partial charge is 0.416 e. The van der Waals surface area contributed by atoms with Crippen molar-refractivity contribution in [2.75, 3.05) is 5.32 Å². The van der Waals surface area contributed by atoms with Crippen molar-refractivity contribution in [2.24, 2.45) is 0 Å². The predicted molar refractivity (Wildman–Crippen MR) is 87.5 cm³/mol. The van der Waals surface area contributed by atoms with Gasteiger partial charge < -0.3 is 10.4 Å². The summed E-state index contributed by atoms with van der Waals surface area (Å²) in [7, 11) is 0. The summed E-state index contributed by atoms with van der Waals surface area (Å²) in [6, 6.07) is 8.51. The van der Waals surface area contributed by atoms with Crippen LogP contribution in [0.15, 0.2) is 48.5 Å². The molecular formula is C17H11ClF3NO3. The number of aromatic carboxylic acids is 1. The second-order valence-corrected chi connectivity index (χ2v) is 5.31. The number of carboxylic acids is 1. The minimum atomic E-state index is -4.55. The van der Waals surface area contributed by atoms with Crippen LogP contribution in [0.1, 0.15) is 21.5 Å². The summed E-state index contributed by atoms with van der Waals surface area (Å²) in [5.74, 6) is -1.96. The van der Waals surface area contributed by atoms with Crippen LogP contribution in [0.5, 0.6) is 0 Å². The molecule has 2 aromatic rings. The van der Waals surface area contributed by atoms with Gasteiger partial charge in [0.15, 0.2) is 0 Å². The van der Waals surface area contributed by atoms with Crippen LogP contribution in [0.4, 0.5) is 18.9 Å². The van der Waals surface area contributed by atoms with Gasteiger partial charge in [0.25, 0.3) is 0 Å². The van der Waals surface area contributed by atoms with E-state index < -0.39 is 23.6 Å². The molecular weight excluding hydrogens is 359 g/mol. The molecule has 2 N–H and O–H groups in total. The lowest BCUT2D eigenvalue weighted by Gasteiger charge is -2.10. The van der Waals surface area contributed by atoms with Gasteiger partial charge in [0.05, 0.1) is 21.8 Å². The molecule has 0 spiro atoms. The molecule has 0 saturated heterocycles. The molecule has 1 amide bonds. The summed E-state index contributed by atoms with van der Waals surface area (Å²) in [6.45, 7) is 0. The number of nitrogens with one attached hydrogen (secondary N) is 1. The second kappa shape index (κ2) is 7.40. The lowest BCUT2D eigenvalue weighted by molar-refractivity contribution is -0.137. The zero-order valence-corrected chi connectivity index (χ0v) is 13.2. The van der Waals surface area contributed by atoms with E-state index in [0.29, 0.717) is 0 Å². The van der Waals surface area contributed by atoms with Gasteiger partial charge in [-0.25, -0.2) is 4.79 Å². The summed E-state index contributed by atoms with van der Waals surface area (Å²) in [4.78, 5) is 22.8. The van der Waals surface area contributed by atoms with E-state index in [2.05, 4.69) is 5.32 Å². The number of alkyl halides is 3. The molecule has 0 aromatic heterocycles. The maximum Gasteiger partial charge on any atom is 0.416 e. The molecule has 0 fully saturated rings. The van der Waals surface area contributed by atoms with Gasteiger partial charge in [-0.05, 0) is 35.9 Å². The first kappa shape index (κ1) is 18.5. The lowest BCUT2D eigenvalue weighted by Crippen LogP contribution is -2.10. The molecule has 0 aliphatic carbocycles. The van der Waals surface area contributed by atoms with Crippen LogP contribution in [0, 0.1) is 0 Å². The zero-order chi connectivity index (χ0) is 18.6. The van der Waals surface area contributed by atoms with E-state index in [-0.39, 0.29) is 21.8 Å². The number of hydrogen-bond donors (Lipinski definition) is 2. The Labute approximate surface area is 145 Å². The molecule has 0 bridgehead atoms. The highest BCUT2D eigenvalue weighted by Crippen LogP contribution is 2.32. The fourth-order valence-electron chi connectivity index (χ4n) is 1.99. The van der Waals surface area contributed by atoms with Gasteiger partial charge in [-0.15, -0.1) is 0 Å². The normalized spacial score (nSPS) is 11.5. The highest BCUT2D eigenvalue weighted by Gasteiger charge is 2.32. The van der Waals surface area contributed by atoms with Gasteiger partial charge in [0.2, 0.25) is 5.91 Å². The maximum absolute atomic E-state index is 12.9. The Morgan fingerprint density at radius 1 is 1.12 bits per heavy atom. The summed E-state index contributed by atoms with van der Waals surface area (Å²) < 4.78 is 38.7. The topological polar surface area (TPSA) is 66.4 Å². The molecule has 0 aliphatic heterocycles. The molecule has 0 unspecified atom stereocenters. The van der Waals surface area contributed by atoms with Crippen molar-refractivity contribution >= 4 is 35.2 Å². The first-order chi connectivity index (χ1) is 11.7. The van der Waals surface area contributed by atoms with Crippen molar-refractivity contribution in [1.29, 1.82) is 0 Å². The Morgan fingerprint density at radius 2 is 1.80 bits per heavy atom. The van der Waals surface area contributed by atoms with Gasteiger partial charge in [0, 0.05) is 6.08 Å². The Hall–Kier alpha value is -2.80. The Bertz CT molecular complexity index is 847. The third-order valence-electron chi connectivity index (χ3n) is 3.15. The number of anilines is 1. The molecule has 2 aromatic carbocycles. The fraction of sp³-hybridized carbons (Fsp3) is 0.0588. The van der Waals surface area contributed by atoms with Crippen molar-refractivity contribution < 1.29 is 27.9 Å². The molecule has 0 aliphatic rings. The maximum atomic E-state index is 12.9. The molecule has 0 radical (unpaired) electrons.